The molecule has 0 unspecified atom stereocenters. The summed E-state index contributed by atoms with van der Waals surface area (Å²) in [6.07, 6.45) is 0.953. The third kappa shape index (κ3) is 2.26. The van der Waals surface area contributed by atoms with Gasteiger partial charge in [-0.3, -0.25) is 4.79 Å². The molecule has 2 aromatic heterocycles. The molecular formula is C15H15NOS2. The van der Waals surface area contributed by atoms with Gasteiger partial charge in [-0.25, -0.2) is 0 Å². The first-order valence-corrected chi connectivity index (χ1v) is 8.04. The van der Waals surface area contributed by atoms with Crippen LogP contribution in [-0.2, 0) is 0 Å². The summed E-state index contributed by atoms with van der Waals surface area (Å²) in [5, 5.41) is 4.28. The Labute approximate surface area is 120 Å². The standard InChI is InChI=1S/C15H15NOS2/c1-3-9(2)16-15(17)13-8-12-14(19-13)10-6-4-5-7-11(10)18-12/h4-9H,3H2,1-2H3,(H,16,17)/t9-/m1/s1. The summed E-state index contributed by atoms with van der Waals surface area (Å²) in [4.78, 5) is 12.9. The van der Waals surface area contributed by atoms with Crippen molar-refractivity contribution in [3.05, 3.63) is 35.2 Å². The number of hydrogen-bond donors (Lipinski definition) is 1. The molecule has 4 heteroatoms. The van der Waals surface area contributed by atoms with Gasteiger partial charge in [-0.2, -0.15) is 0 Å². The fraction of sp³-hybridized carbons (Fsp3) is 0.267. The maximum atomic E-state index is 12.1. The van der Waals surface area contributed by atoms with Crippen LogP contribution in [0, 0.1) is 0 Å². The van der Waals surface area contributed by atoms with Crippen LogP contribution in [0.2, 0.25) is 0 Å². The maximum absolute atomic E-state index is 12.1. The quantitative estimate of drug-likeness (QED) is 0.747. The zero-order valence-electron chi connectivity index (χ0n) is 10.9. The van der Waals surface area contributed by atoms with Crippen molar-refractivity contribution < 1.29 is 4.79 Å². The summed E-state index contributed by atoms with van der Waals surface area (Å²) >= 11 is 3.35. The minimum absolute atomic E-state index is 0.0480. The van der Waals surface area contributed by atoms with Crippen LogP contribution in [0.5, 0.6) is 0 Å². The molecule has 1 aromatic carbocycles. The molecule has 2 heterocycles. The highest BCUT2D eigenvalue weighted by atomic mass is 32.1. The van der Waals surface area contributed by atoms with Crippen molar-refractivity contribution in [3.63, 3.8) is 0 Å². The largest absolute Gasteiger partial charge is 0.349 e. The highest BCUT2D eigenvalue weighted by molar-refractivity contribution is 7.33. The minimum atomic E-state index is 0.0480. The summed E-state index contributed by atoms with van der Waals surface area (Å²) in [6.45, 7) is 4.11. The van der Waals surface area contributed by atoms with E-state index >= 15 is 0 Å². The van der Waals surface area contributed by atoms with E-state index in [0.717, 1.165) is 11.3 Å². The Morgan fingerprint density at radius 2 is 2.05 bits per heavy atom. The molecule has 0 aliphatic heterocycles. The molecule has 1 atom stereocenters. The highest BCUT2D eigenvalue weighted by Gasteiger charge is 2.15. The molecule has 0 saturated carbocycles. The van der Waals surface area contributed by atoms with Gasteiger partial charge in [-0.1, -0.05) is 25.1 Å². The molecule has 2 nitrogen and oxygen atoms in total. The molecule has 19 heavy (non-hydrogen) atoms. The average molecular weight is 289 g/mol. The van der Waals surface area contributed by atoms with Crippen LogP contribution in [0.25, 0.3) is 19.5 Å². The van der Waals surface area contributed by atoms with E-state index in [1.54, 1.807) is 22.7 Å². The van der Waals surface area contributed by atoms with Gasteiger partial charge in [0.05, 0.1) is 9.58 Å². The Morgan fingerprint density at radius 3 is 2.84 bits per heavy atom. The molecule has 0 spiro atoms. The topological polar surface area (TPSA) is 29.1 Å². The number of hydrogen-bond acceptors (Lipinski definition) is 3. The molecule has 1 N–H and O–H groups in total. The van der Waals surface area contributed by atoms with E-state index in [0.29, 0.717) is 0 Å². The van der Waals surface area contributed by atoms with Crippen molar-refractivity contribution in [2.24, 2.45) is 0 Å². The first kappa shape index (κ1) is 12.6. The lowest BCUT2D eigenvalue weighted by Crippen LogP contribution is -2.31. The molecule has 0 radical (unpaired) electrons. The fourth-order valence-electron chi connectivity index (χ4n) is 2.01. The van der Waals surface area contributed by atoms with Crippen molar-refractivity contribution in [2.45, 2.75) is 26.3 Å². The lowest BCUT2D eigenvalue weighted by molar-refractivity contribution is 0.0943. The van der Waals surface area contributed by atoms with Crippen LogP contribution in [0.3, 0.4) is 0 Å². The SMILES string of the molecule is CC[C@@H](C)NC(=O)c1cc2sc3ccccc3c2s1. The van der Waals surface area contributed by atoms with Crippen LogP contribution in [-0.4, -0.2) is 11.9 Å². The second-order valence-electron chi connectivity index (χ2n) is 4.69. The van der Waals surface area contributed by atoms with Crippen molar-refractivity contribution >= 4 is 48.1 Å². The van der Waals surface area contributed by atoms with E-state index in [2.05, 4.69) is 30.4 Å². The van der Waals surface area contributed by atoms with Gasteiger partial charge < -0.3 is 5.32 Å². The monoisotopic (exact) mass is 289 g/mol. The molecule has 0 saturated heterocycles. The van der Waals surface area contributed by atoms with Gasteiger partial charge in [0.25, 0.3) is 5.91 Å². The number of amides is 1. The van der Waals surface area contributed by atoms with Gasteiger partial charge in [-0.05, 0) is 25.5 Å². The van der Waals surface area contributed by atoms with E-state index < -0.39 is 0 Å². The van der Waals surface area contributed by atoms with E-state index in [1.165, 1.54) is 19.5 Å². The van der Waals surface area contributed by atoms with Crippen molar-refractivity contribution in [2.75, 3.05) is 0 Å². The molecule has 0 aliphatic carbocycles. The lowest BCUT2D eigenvalue weighted by Gasteiger charge is -2.09. The zero-order chi connectivity index (χ0) is 13.4. The number of carbonyl (C=O) groups excluding carboxylic acids is 1. The van der Waals surface area contributed by atoms with Crippen LogP contribution >= 0.6 is 22.7 Å². The molecule has 0 aliphatic rings. The number of thiophene rings is 2. The van der Waals surface area contributed by atoms with Gasteiger partial charge in [0.1, 0.15) is 0 Å². The second-order valence-corrected chi connectivity index (χ2v) is 6.82. The summed E-state index contributed by atoms with van der Waals surface area (Å²) in [7, 11) is 0. The van der Waals surface area contributed by atoms with Gasteiger partial charge in [-0.15, -0.1) is 22.7 Å². The van der Waals surface area contributed by atoms with Gasteiger partial charge in [0.15, 0.2) is 0 Å². The van der Waals surface area contributed by atoms with E-state index in [-0.39, 0.29) is 11.9 Å². The van der Waals surface area contributed by atoms with Crippen molar-refractivity contribution in [3.8, 4) is 0 Å². The first-order chi connectivity index (χ1) is 9.19. The molecular weight excluding hydrogens is 274 g/mol. The number of benzene rings is 1. The number of nitrogens with one attached hydrogen (secondary N) is 1. The number of carbonyl (C=O) groups is 1. The van der Waals surface area contributed by atoms with Crippen molar-refractivity contribution in [1.29, 1.82) is 0 Å². The number of fused-ring (bicyclic) bond motifs is 3. The second kappa shape index (κ2) is 4.94. The normalized spacial score (nSPS) is 12.9. The smallest absolute Gasteiger partial charge is 0.261 e. The van der Waals surface area contributed by atoms with Crippen LogP contribution in [0.4, 0.5) is 0 Å². The Balaban J connectivity index is 2.00. The third-order valence-corrected chi connectivity index (χ3v) is 5.68. The predicted molar refractivity (Wildman–Crippen MR) is 84.4 cm³/mol. The summed E-state index contributed by atoms with van der Waals surface area (Å²) in [6, 6.07) is 10.6. The maximum Gasteiger partial charge on any atom is 0.261 e. The summed E-state index contributed by atoms with van der Waals surface area (Å²) in [5.41, 5.74) is 0. The Kier molecular flexibility index (Phi) is 3.29. The van der Waals surface area contributed by atoms with Crippen LogP contribution in [0.1, 0.15) is 29.9 Å². The van der Waals surface area contributed by atoms with E-state index in [4.69, 9.17) is 0 Å². The van der Waals surface area contributed by atoms with Crippen molar-refractivity contribution in [1.82, 2.24) is 5.32 Å². The Morgan fingerprint density at radius 1 is 1.26 bits per heavy atom. The third-order valence-electron chi connectivity index (χ3n) is 3.26. The summed E-state index contributed by atoms with van der Waals surface area (Å²) in [5.74, 6) is 0.0480. The zero-order valence-corrected chi connectivity index (χ0v) is 12.5. The molecule has 0 bridgehead atoms. The number of rotatable bonds is 3. The molecule has 1 amide bonds. The van der Waals surface area contributed by atoms with E-state index in [9.17, 15) is 4.79 Å². The summed E-state index contributed by atoms with van der Waals surface area (Å²) < 4.78 is 3.73. The average Bonchev–Trinajstić information content (AvgIpc) is 2.95. The van der Waals surface area contributed by atoms with Gasteiger partial charge in [0, 0.05) is 20.8 Å². The first-order valence-electron chi connectivity index (χ1n) is 6.41. The predicted octanol–water partition coefficient (Wildman–Crippen LogP) is 4.64. The fourth-order valence-corrected chi connectivity index (χ4v) is 4.44. The van der Waals surface area contributed by atoms with Crippen LogP contribution in [0.15, 0.2) is 30.3 Å². The molecule has 3 rings (SSSR count). The van der Waals surface area contributed by atoms with Gasteiger partial charge >= 0.3 is 0 Å². The highest BCUT2D eigenvalue weighted by Crippen LogP contribution is 2.39. The molecule has 0 fully saturated rings. The molecule has 98 valence electrons. The van der Waals surface area contributed by atoms with Gasteiger partial charge in [0.2, 0.25) is 0 Å². The Hall–Kier alpha value is -1.39. The van der Waals surface area contributed by atoms with E-state index in [1.807, 2.05) is 19.1 Å². The molecule has 3 aromatic rings. The van der Waals surface area contributed by atoms with Crippen LogP contribution < -0.4 is 5.32 Å². The Bertz CT molecular complexity index is 741. The lowest BCUT2D eigenvalue weighted by atomic mass is 10.2. The minimum Gasteiger partial charge on any atom is -0.349 e.